The summed E-state index contributed by atoms with van der Waals surface area (Å²) < 4.78 is 6.44. The van der Waals surface area contributed by atoms with Crippen molar-refractivity contribution < 1.29 is 4.74 Å². The van der Waals surface area contributed by atoms with E-state index in [-0.39, 0.29) is 0 Å². The molecular weight excluding hydrogens is 246 g/mol. The van der Waals surface area contributed by atoms with E-state index in [0.29, 0.717) is 12.6 Å². The Bertz CT molecular complexity index is 456. The molecule has 108 valence electrons. The minimum absolute atomic E-state index is 0.482. The standard InChI is InChI=1S/C18H25NO/c19-5-4-12-2-1-3-17(11-12)20-18-15-7-13-6-14(9-15)10-16(18)8-13/h1-3,11,13-16,18H,4-10,19H2. The van der Waals surface area contributed by atoms with Gasteiger partial charge in [0.05, 0.1) is 0 Å². The van der Waals surface area contributed by atoms with Gasteiger partial charge in [-0.05, 0) is 86.4 Å². The van der Waals surface area contributed by atoms with E-state index >= 15 is 0 Å². The molecule has 0 aromatic heterocycles. The highest BCUT2D eigenvalue weighted by atomic mass is 16.5. The SMILES string of the molecule is NCCc1cccc(OC2C3CC4CC(C3)CC2C4)c1. The Morgan fingerprint density at radius 1 is 1.00 bits per heavy atom. The molecule has 4 saturated carbocycles. The van der Waals surface area contributed by atoms with E-state index in [2.05, 4.69) is 24.3 Å². The predicted octanol–water partition coefficient (Wildman–Crippen LogP) is 3.39. The molecule has 2 nitrogen and oxygen atoms in total. The second-order valence-corrected chi connectivity index (χ2v) is 7.20. The molecular formula is C18H25NO. The van der Waals surface area contributed by atoms with Crippen molar-refractivity contribution in [3.63, 3.8) is 0 Å². The Labute approximate surface area is 121 Å². The van der Waals surface area contributed by atoms with Gasteiger partial charge in [-0.25, -0.2) is 0 Å². The topological polar surface area (TPSA) is 35.2 Å². The van der Waals surface area contributed by atoms with Crippen molar-refractivity contribution in [2.24, 2.45) is 29.4 Å². The molecule has 1 aromatic rings. The average Bonchev–Trinajstić information content (AvgIpc) is 2.43. The first-order valence-electron chi connectivity index (χ1n) is 8.27. The Morgan fingerprint density at radius 3 is 2.35 bits per heavy atom. The largest absolute Gasteiger partial charge is 0.490 e. The highest BCUT2D eigenvalue weighted by molar-refractivity contribution is 5.29. The number of benzene rings is 1. The van der Waals surface area contributed by atoms with E-state index in [1.54, 1.807) is 0 Å². The zero-order valence-electron chi connectivity index (χ0n) is 12.1. The normalized spacial score (nSPS) is 38.1. The van der Waals surface area contributed by atoms with Crippen LogP contribution in [0, 0.1) is 23.7 Å². The van der Waals surface area contributed by atoms with Gasteiger partial charge in [-0.2, -0.15) is 0 Å². The summed E-state index contributed by atoms with van der Waals surface area (Å²) in [4.78, 5) is 0. The Morgan fingerprint density at radius 2 is 1.70 bits per heavy atom. The molecule has 0 saturated heterocycles. The number of ether oxygens (including phenoxy) is 1. The van der Waals surface area contributed by atoms with Crippen molar-refractivity contribution in [2.45, 2.75) is 44.6 Å². The second-order valence-electron chi connectivity index (χ2n) is 7.20. The van der Waals surface area contributed by atoms with Crippen molar-refractivity contribution in [1.82, 2.24) is 0 Å². The summed E-state index contributed by atoms with van der Waals surface area (Å²) in [6, 6.07) is 8.57. The molecule has 20 heavy (non-hydrogen) atoms. The summed E-state index contributed by atoms with van der Waals surface area (Å²) >= 11 is 0. The van der Waals surface area contributed by atoms with Gasteiger partial charge >= 0.3 is 0 Å². The lowest BCUT2D eigenvalue weighted by atomic mass is 9.55. The van der Waals surface area contributed by atoms with Gasteiger partial charge in [0.1, 0.15) is 11.9 Å². The van der Waals surface area contributed by atoms with Gasteiger partial charge in [-0.15, -0.1) is 0 Å². The number of hydrogen-bond donors (Lipinski definition) is 1. The first kappa shape index (κ1) is 12.7. The van der Waals surface area contributed by atoms with Crippen LogP contribution in [-0.2, 0) is 6.42 Å². The average molecular weight is 271 g/mol. The maximum atomic E-state index is 6.44. The molecule has 4 bridgehead atoms. The summed E-state index contributed by atoms with van der Waals surface area (Å²) in [7, 11) is 0. The minimum Gasteiger partial charge on any atom is -0.490 e. The van der Waals surface area contributed by atoms with Crippen LogP contribution in [0.25, 0.3) is 0 Å². The molecule has 0 amide bonds. The number of hydrogen-bond acceptors (Lipinski definition) is 2. The monoisotopic (exact) mass is 271 g/mol. The van der Waals surface area contributed by atoms with Gasteiger partial charge in [0.15, 0.2) is 0 Å². The summed E-state index contributed by atoms with van der Waals surface area (Å²) in [5.41, 5.74) is 6.95. The summed E-state index contributed by atoms with van der Waals surface area (Å²) in [5, 5.41) is 0. The molecule has 4 fully saturated rings. The lowest BCUT2D eigenvalue weighted by Crippen LogP contribution is -2.50. The van der Waals surface area contributed by atoms with Crippen LogP contribution >= 0.6 is 0 Å². The van der Waals surface area contributed by atoms with Crippen LogP contribution in [0.15, 0.2) is 24.3 Å². The second kappa shape index (κ2) is 5.07. The van der Waals surface area contributed by atoms with Crippen LogP contribution in [0.2, 0.25) is 0 Å². The van der Waals surface area contributed by atoms with E-state index < -0.39 is 0 Å². The van der Waals surface area contributed by atoms with Gasteiger partial charge in [0, 0.05) is 0 Å². The van der Waals surface area contributed by atoms with E-state index in [0.717, 1.165) is 35.8 Å². The van der Waals surface area contributed by atoms with Gasteiger partial charge < -0.3 is 10.5 Å². The molecule has 2 N–H and O–H groups in total. The van der Waals surface area contributed by atoms with E-state index in [4.69, 9.17) is 10.5 Å². The third kappa shape index (κ3) is 2.24. The minimum atomic E-state index is 0.482. The molecule has 1 aromatic carbocycles. The number of nitrogens with two attached hydrogens (primary N) is 1. The summed E-state index contributed by atoms with van der Waals surface area (Å²) in [6.07, 6.45) is 8.60. The summed E-state index contributed by atoms with van der Waals surface area (Å²) in [5.74, 6) is 4.74. The van der Waals surface area contributed by atoms with Gasteiger partial charge in [0.2, 0.25) is 0 Å². The summed E-state index contributed by atoms with van der Waals surface area (Å²) in [6.45, 7) is 0.710. The molecule has 0 atom stereocenters. The van der Waals surface area contributed by atoms with Crippen molar-refractivity contribution in [1.29, 1.82) is 0 Å². The molecule has 0 spiro atoms. The molecule has 0 unspecified atom stereocenters. The fraction of sp³-hybridized carbons (Fsp3) is 0.667. The first-order valence-corrected chi connectivity index (χ1v) is 8.27. The maximum absolute atomic E-state index is 6.44. The molecule has 2 heteroatoms. The van der Waals surface area contributed by atoms with Gasteiger partial charge in [0.25, 0.3) is 0 Å². The highest BCUT2D eigenvalue weighted by Crippen LogP contribution is 2.54. The third-order valence-corrected chi connectivity index (χ3v) is 5.74. The predicted molar refractivity (Wildman–Crippen MR) is 80.7 cm³/mol. The van der Waals surface area contributed by atoms with Crippen molar-refractivity contribution in [3.8, 4) is 5.75 Å². The van der Waals surface area contributed by atoms with Crippen molar-refractivity contribution in [3.05, 3.63) is 29.8 Å². The lowest BCUT2D eigenvalue weighted by Gasteiger charge is -2.53. The van der Waals surface area contributed by atoms with Gasteiger partial charge in [-0.1, -0.05) is 12.1 Å². The fourth-order valence-corrected chi connectivity index (χ4v) is 5.17. The fourth-order valence-electron chi connectivity index (χ4n) is 5.17. The highest BCUT2D eigenvalue weighted by Gasteiger charge is 2.49. The molecule has 5 rings (SSSR count). The first-order chi connectivity index (χ1) is 9.81. The zero-order valence-corrected chi connectivity index (χ0v) is 12.1. The third-order valence-electron chi connectivity index (χ3n) is 5.74. The lowest BCUT2D eigenvalue weighted by molar-refractivity contribution is -0.0789. The molecule has 0 heterocycles. The van der Waals surface area contributed by atoms with Crippen LogP contribution in [-0.4, -0.2) is 12.6 Å². The molecule has 0 radical (unpaired) electrons. The smallest absolute Gasteiger partial charge is 0.120 e. The van der Waals surface area contributed by atoms with Crippen LogP contribution in [0.5, 0.6) is 5.75 Å². The van der Waals surface area contributed by atoms with E-state index in [1.807, 2.05) is 0 Å². The maximum Gasteiger partial charge on any atom is 0.120 e. The van der Waals surface area contributed by atoms with Crippen molar-refractivity contribution in [2.75, 3.05) is 6.54 Å². The van der Waals surface area contributed by atoms with E-state index in [1.165, 1.54) is 37.7 Å². The van der Waals surface area contributed by atoms with Crippen LogP contribution < -0.4 is 10.5 Å². The Kier molecular flexibility index (Phi) is 3.22. The molecule has 0 aliphatic heterocycles. The quantitative estimate of drug-likeness (QED) is 0.911. The van der Waals surface area contributed by atoms with Crippen LogP contribution in [0.4, 0.5) is 0 Å². The van der Waals surface area contributed by atoms with E-state index in [9.17, 15) is 0 Å². The van der Waals surface area contributed by atoms with Crippen LogP contribution in [0.1, 0.15) is 37.7 Å². The zero-order chi connectivity index (χ0) is 13.5. The number of rotatable bonds is 4. The Balaban J connectivity index is 1.50. The van der Waals surface area contributed by atoms with Gasteiger partial charge in [-0.3, -0.25) is 0 Å². The molecule has 4 aliphatic rings. The van der Waals surface area contributed by atoms with Crippen molar-refractivity contribution >= 4 is 0 Å². The molecule has 4 aliphatic carbocycles. The van der Waals surface area contributed by atoms with Crippen LogP contribution in [0.3, 0.4) is 0 Å². The Hall–Kier alpha value is -1.02.